The van der Waals surface area contributed by atoms with Crippen LogP contribution in [0.3, 0.4) is 0 Å². The minimum atomic E-state index is -1.53. The van der Waals surface area contributed by atoms with Crippen molar-refractivity contribution in [2.45, 2.75) is 45.3 Å². The summed E-state index contributed by atoms with van der Waals surface area (Å²) in [5.41, 5.74) is 0.844. The summed E-state index contributed by atoms with van der Waals surface area (Å²) in [5.74, 6) is -2.40. The average Bonchev–Trinajstić information content (AvgIpc) is 2.90. The Morgan fingerprint density at radius 2 is 1.85 bits per heavy atom. The Hall–Kier alpha value is -5.25. The highest BCUT2D eigenvalue weighted by Gasteiger charge is 2.24. The number of hydrogen-bond acceptors (Lipinski definition) is 7. The van der Waals surface area contributed by atoms with Crippen molar-refractivity contribution in [2.75, 3.05) is 11.4 Å². The number of amides is 2. The van der Waals surface area contributed by atoms with Crippen LogP contribution in [0.15, 0.2) is 41.2 Å². The van der Waals surface area contributed by atoms with E-state index in [0.29, 0.717) is 28.0 Å². The lowest BCUT2D eigenvalue weighted by Crippen LogP contribution is -2.43. The smallest absolute Gasteiger partial charge is 0.326 e. The summed E-state index contributed by atoms with van der Waals surface area (Å²) in [6.07, 6.45) is 4.78. The number of fused-ring (bicyclic) bond motifs is 1. The number of aromatic nitrogens is 2. The Kier molecular flexibility index (Phi) is 9.76. The number of hydrogen-bond donors (Lipinski definition) is 5. The number of carboxylic acid groups (broad SMARTS) is 2. The molecule has 0 saturated heterocycles. The quantitative estimate of drug-likeness (QED) is 0.204. The molecule has 1 heterocycles. The normalized spacial score (nSPS) is 12.1. The first-order valence-electron chi connectivity index (χ1n) is 12.4. The van der Waals surface area contributed by atoms with Gasteiger partial charge in [0.15, 0.2) is 0 Å². The van der Waals surface area contributed by atoms with Gasteiger partial charge in [-0.2, -0.15) is 0 Å². The molecule has 0 aliphatic heterocycles. The van der Waals surface area contributed by atoms with Gasteiger partial charge in [-0.05, 0) is 56.2 Å². The lowest BCUT2D eigenvalue weighted by Gasteiger charge is -2.23. The summed E-state index contributed by atoms with van der Waals surface area (Å²) in [6.45, 7) is 3.21. The number of halogens is 1. The van der Waals surface area contributed by atoms with Gasteiger partial charge in [-0.15, -0.1) is 6.42 Å². The van der Waals surface area contributed by atoms with Gasteiger partial charge in [0, 0.05) is 18.7 Å². The summed E-state index contributed by atoms with van der Waals surface area (Å²) in [7, 11) is 0. The molecule has 214 valence electrons. The van der Waals surface area contributed by atoms with Gasteiger partial charge in [0.1, 0.15) is 23.7 Å². The van der Waals surface area contributed by atoms with E-state index in [1.54, 1.807) is 30.0 Å². The molecule has 0 spiro atoms. The van der Waals surface area contributed by atoms with Crippen molar-refractivity contribution in [1.29, 1.82) is 0 Å². The fourth-order valence-electron chi connectivity index (χ4n) is 4.00. The van der Waals surface area contributed by atoms with E-state index in [1.807, 2.05) is 0 Å². The van der Waals surface area contributed by atoms with Crippen molar-refractivity contribution >= 4 is 40.3 Å². The fraction of sp³-hybridized carbons (Fsp3) is 0.286. The highest BCUT2D eigenvalue weighted by molar-refractivity contribution is 5.97. The molecule has 5 N–H and O–H groups in total. The molecule has 0 radical (unpaired) electrons. The summed E-state index contributed by atoms with van der Waals surface area (Å²) >= 11 is 0. The van der Waals surface area contributed by atoms with E-state index in [9.17, 15) is 29.1 Å². The summed E-state index contributed by atoms with van der Waals surface area (Å²) in [6, 6.07) is 6.14. The first-order valence-corrected chi connectivity index (χ1v) is 12.4. The van der Waals surface area contributed by atoms with Crippen LogP contribution in [0.5, 0.6) is 0 Å². The van der Waals surface area contributed by atoms with E-state index in [-0.39, 0.29) is 31.5 Å². The molecule has 0 saturated carbocycles. The number of carbonyl (C=O) groups excluding carboxylic acids is 2. The van der Waals surface area contributed by atoms with Crippen LogP contribution in [0.4, 0.5) is 10.1 Å². The molecule has 3 aromatic rings. The van der Waals surface area contributed by atoms with Gasteiger partial charge < -0.3 is 30.7 Å². The first kappa shape index (κ1) is 30.3. The number of carboxylic acids is 2. The van der Waals surface area contributed by atoms with Gasteiger partial charge in [0.25, 0.3) is 11.5 Å². The van der Waals surface area contributed by atoms with Gasteiger partial charge in [-0.25, -0.2) is 14.2 Å². The number of terminal acetylenes is 1. The Balaban J connectivity index is 1.74. The lowest BCUT2D eigenvalue weighted by molar-refractivity contribution is -0.142. The second-order valence-corrected chi connectivity index (χ2v) is 9.26. The number of nitrogens with zero attached hydrogens (tertiary/aromatic N) is 2. The molecule has 0 unspecified atom stereocenters. The molecule has 2 atom stereocenters. The van der Waals surface area contributed by atoms with Crippen molar-refractivity contribution in [1.82, 2.24) is 20.6 Å². The van der Waals surface area contributed by atoms with Crippen molar-refractivity contribution in [3.8, 4) is 12.3 Å². The Labute approximate surface area is 233 Å². The molecular weight excluding hydrogens is 537 g/mol. The van der Waals surface area contributed by atoms with E-state index in [4.69, 9.17) is 11.5 Å². The summed E-state index contributed by atoms with van der Waals surface area (Å²) in [4.78, 5) is 68.0. The van der Waals surface area contributed by atoms with Crippen LogP contribution >= 0.6 is 0 Å². The molecule has 12 nitrogen and oxygen atoms in total. The van der Waals surface area contributed by atoms with Crippen LogP contribution in [-0.2, 0) is 20.9 Å². The summed E-state index contributed by atoms with van der Waals surface area (Å²) < 4.78 is 15.1. The molecular formula is C28H28FN5O7. The molecule has 0 aliphatic rings. The minimum Gasteiger partial charge on any atom is -0.480 e. The van der Waals surface area contributed by atoms with Crippen LogP contribution in [0.1, 0.15) is 41.5 Å². The molecule has 0 fully saturated rings. The number of aryl methyl sites for hydroxylation is 1. The van der Waals surface area contributed by atoms with Crippen LogP contribution in [-0.4, -0.2) is 62.6 Å². The predicted octanol–water partition coefficient (Wildman–Crippen LogP) is 1.56. The Morgan fingerprint density at radius 3 is 2.49 bits per heavy atom. The Bertz CT molecular complexity index is 1600. The van der Waals surface area contributed by atoms with Crippen molar-refractivity contribution < 1.29 is 33.8 Å². The van der Waals surface area contributed by atoms with Crippen LogP contribution in [0.2, 0.25) is 0 Å². The maximum absolute atomic E-state index is 15.1. The van der Waals surface area contributed by atoms with Gasteiger partial charge in [-0.3, -0.25) is 19.2 Å². The number of aromatic amines is 1. The number of nitrogens with one attached hydrogen (secondary N) is 3. The molecule has 1 aromatic heterocycles. The number of anilines is 1. The number of rotatable bonds is 12. The largest absolute Gasteiger partial charge is 0.480 e. The lowest BCUT2D eigenvalue weighted by atomic mass is 10.1. The van der Waals surface area contributed by atoms with Crippen LogP contribution in [0, 0.1) is 25.1 Å². The monoisotopic (exact) mass is 565 g/mol. The van der Waals surface area contributed by atoms with Gasteiger partial charge in [-0.1, -0.05) is 12.0 Å². The van der Waals surface area contributed by atoms with E-state index >= 15 is 4.39 Å². The standard InChI is InChI=1S/C28H28FN5O7/c1-4-11-34(14-17-5-8-22-20(12-17)26(37)32-16(3)31-22)18-6-7-19(21(29)13-18)25(36)33-23(28(40)41)9-10-24(35)30-15(2)27(38)39/h1,5-8,12-13,15,23H,9-11,14H2,2-3H3,(H,30,35)(H,33,36)(H,38,39)(H,40,41)(H,31,32,37)/t15-,23-/m1/s1. The van der Waals surface area contributed by atoms with Crippen LogP contribution in [0.25, 0.3) is 10.9 Å². The predicted molar refractivity (Wildman–Crippen MR) is 147 cm³/mol. The maximum Gasteiger partial charge on any atom is 0.326 e. The molecule has 0 bridgehead atoms. The number of H-pyrrole nitrogens is 1. The van der Waals surface area contributed by atoms with Crippen molar-refractivity contribution in [3.63, 3.8) is 0 Å². The highest BCUT2D eigenvalue weighted by atomic mass is 19.1. The number of benzene rings is 2. The van der Waals surface area contributed by atoms with E-state index in [1.165, 1.54) is 19.1 Å². The third kappa shape index (κ3) is 7.89. The highest BCUT2D eigenvalue weighted by Crippen LogP contribution is 2.22. The Morgan fingerprint density at radius 1 is 1.12 bits per heavy atom. The molecule has 13 heteroatoms. The van der Waals surface area contributed by atoms with Gasteiger partial charge in [0.2, 0.25) is 5.91 Å². The summed E-state index contributed by atoms with van der Waals surface area (Å²) in [5, 5.41) is 23.1. The molecule has 41 heavy (non-hydrogen) atoms. The molecule has 2 amide bonds. The first-order chi connectivity index (χ1) is 19.4. The SMILES string of the molecule is C#CCN(Cc1ccc2nc(C)[nH]c(=O)c2c1)c1ccc(C(=O)N[C@H](CCC(=O)N[C@H](C)C(=O)O)C(=O)O)c(F)c1. The number of carbonyl (C=O) groups is 4. The molecule has 0 aliphatic carbocycles. The minimum absolute atomic E-state index is 0.0785. The second kappa shape index (κ2) is 13.2. The van der Waals surface area contributed by atoms with Gasteiger partial charge >= 0.3 is 11.9 Å². The third-order valence-electron chi connectivity index (χ3n) is 6.12. The zero-order valence-corrected chi connectivity index (χ0v) is 22.2. The van der Waals surface area contributed by atoms with Crippen molar-refractivity contribution in [2.24, 2.45) is 0 Å². The zero-order chi connectivity index (χ0) is 30.3. The maximum atomic E-state index is 15.1. The fourth-order valence-corrected chi connectivity index (χ4v) is 4.00. The second-order valence-electron chi connectivity index (χ2n) is 9.26. The van der Waals surface area contributed by atoms with Crippen LogP contribution < -0.4 is 21.1 Å². The molecule has 2 aromatic carbocycles. The van der Waals surface area contributed by atoms with Crippen molar-refractivity contribution in [3.05, 3.63) is 69.5 Å². The zero-order valence-electron chi connectivity index (χ0n) is 22.2. The topological polar surface area (TPSA) is 182 Å². The average molecular weight is 566 g/mol. The third-order valence-corrected chi connectivity index (χ3v) is 6.12. The molecule has 3 rings (SSSR count). The van der Waals surface area contributed by atoms with E-state index in [0.717, 1.165) is 6.07 Å². The van der Waals surface area contributed by atoms with Gasteiger partial charge in [0.05, 0.1) is 23.0 Å². The van der Waals surface area contributed by atoms with E-state index < -0.39 is 47.2 Å². The van der Waals surface area contributed by atoms with E-state index in [2.05, 4.69) is 26.5 Å². The number of aliphatic carboxylic acids is 2.